The molecule has 0 aliphatic heterocycles. The Morgan fingerprint density at radius 3 is 2.63 bits per heavy atom. The van der Waals surface area contributed by atoms with E-state index in [1.165, 1.54) is 0 Å². The molecule has 19 heavy (non-hydrogen) atoms. The maximum absolute atomic E-state index is 12.0. The van der Waals surface area contributed by atoms with Gasteiger partial charge in [0.25, 0.3) is 5.91 Å². The first-order chi connectivity index (χ1) is 8.95. The van der Waals surface area contributed by atoms with Crippen molar-refractivity contribution in [3.05, 3.63) is 29.3 Å². The Morgan fingerprint density at radius 2 is 2.11 bits per heavy atom. The summed E-state index contributed by atoms with van der Waals surface area (Å²) in [4.78, 5) is 12.0. The molecule has 106 valence electrons. The van der Waals surface area contributed by atoms with E-state index in [9.17, 15) is 9.00 Å². The van der Waals surface area contributed by atoms with Crippen molar-refractivity contribution in [3.63, 3.8) is 0 Å². The number of carbonyl (C=O) groups is 1. The van der Waals surface area contributed by atoms with Crippen LogP contribution in [0, 0.1) is 6.92 Å². The molecule has 1 aromatic carbocycles. The van der Waals surface area contributed by atoms with Gasteiger partial charge in [0.1, 0.15) is 0 Å². The fraction of sp³-hybridized carbons (Fsp3) is 0.500. The van der Waals surface area contributed by atoms with Gasteiger partial charge in [0.15, 0.2) is 0 Å². The molecule has 1 amide bonds. The highest BCUT2D eigenvalue weighted by atomic mass is 32.2. The van der Waals surface area contributed by atoms with E-state index in [1.807, 2.05) is 39.1 Å². The van der Waals surface area contributed by atoms with Gasteiger partial charge in [-0.3, -0.25) is 9.00 Å². The van der Waals surface area contributed by atoms with E-state index in [0.29, 0.717) is 12.1 Å². The Labute approximate surface area is 117 Å². The zero-order valence-corrected chi connectivity index (χ0v) is 12.8. The van der Waals surface area contributed by atoms with Gasteiger partial charge in [-0.05, 0) is 37.1 Å². The highest BCUT2D eigenvalue weighted by Crippen LogP contribution is 2.14. The molecule has 0 saturated carbocycles. The SMILES string of the molecule is CNc1ccc(C(=O)NCCC(C)S(C)=O)c(C)c1. The monoisotopic (exact) mass is 282 g/mol. The summed E-state index contributed by atoms with van der Waals surface area (Å²) in [5.74, 6) is -0.0748. The molecule has 0 aromatic heterocycles. The van der Waals surface area contributed by atoms with Crippen molar-refractivity contribution < 1.29 is 9.00 Å². The fourth-order valence-corrected chi connectivity index (χ4v) is 2.17. The summed E-state index contributed by atoms with van der Waals surface area (Å²) in [6.45, 7) is 4.39. The summed E-state index contributed by atoms with van der Waals surface area (Å²) in [5, 5.41) is 6.01. The van der Waals surface area contributed by atoms with Crippen molar-refractivity contribution >= 4 is 22.4 Å². The molecule has 1 aromatic rings. The fourth-order valence-electron chi connectivity index (χ4n) is 1.72. The van der Waals surface area contributed by atoms with Crippen LogP contribution in [0.25, 0.3) is 0 Å². The molecule has 2 N–H and O–H groups in total. The lowest BCUT2D eigenvalue weighted by molar-refractivity contribution is 0.0952. The van der Waals surface area contributed by atoms with Crippen LogP contribution in [0.2, 0.25) is 0 Å². The Kier molecular flexibility index (Phi) is 6.02. The Bertz CT molecular complexity index is 475. The van der Waals surface area contributed by atoms with Crippen molar-refractivity contribution in [1.29, 1.82) is 0 Å². The van der Waals surface area contributed by atoms with Gasteiger partial charge in [0.2, 0.25) is 0 Å². The molecule has 4 nitrogen and oxygen atoms in total. The second-order valence-electron chi connectivity index (χ2n) is 4.63. The summed E-state index contributed by atoms with van der Waals surface area (Å²) in [6.07, 6.45) is 2.41. The van der Waals surface area contributed by atoms with Crippen LogP contribution in [0.3, 0.4) is 0 Å². The molecule has 5 heteroatoms. The topological polar surface area (TPSA) is 58.2 Å². The molecule has 1 rings (SSSR count). The summed E-state index contributed by atoms with van der Waals surface area (Å²) >= 11 is 0. The van der Waals surface area contributed by atoms with Gasteiger partial charge >= 0.3 is 0 Å². The Morgan fingerprint density at radius 1 is 1.42 bits per heavy atom. The second kappa shape index (κ2) is 7.28. The average Bonchev–Trinajstić information content (AvgIpc) is 2.37. The summed E-state index contributed by atoms with van der Waals surface area (Å²) < 4.78 is 11.2. The van der Waals surface area contributed by atoms with E-state index in [-0.39, 0.29) is 11.2 Å². The number of benzene rings is 1. The first-order valence-corrected chi connectivity index (χ1v) is 7.96. The summed E-state index contributed by atoms with van der Waals surface area (Å²) in [6, 6.07) is 5.64. The number of hydrogen-bond acceptors (Lipinski definition) is 3. The van der Waals surface area contributed by atoms with Crippen LogP contribution >= 0.6 is 0 Å². The zero-order valence-electron chi connectivity index (χ0n) is 11.9. The van der Waals surface area contributed by atoms with Gasteiger partial charge in [-0.25, -0.2) is 0 Å². The van der Waals surface area contributed by atoms with E-state index in [2.05, 4.69) is 10.6 Å². The lowest BCUT2D eigenvalue weighted by Crippen LogP contribution is -2.28. The van der Waals surface area contributed by atoms with Crippen molar-refractivity contribution in [1.82, 2.24) is 5.32 Å². The molecule has 0 spiro atoms. The van der Waals surface area contributed by atoms with Gasteiger partial charge in [-0.2, -0.15) is 0 Å². The molecule has 0 aliphatic carbocycles. The smallest absolute Gasteiger partial charge is 0.251 e. The average molecular weight is 282 g/mol. The Balaban J connectivity index is 2.57. The molecule has 0 radical (unpaired) electrons. The maximum atomic E-state index is 12.0. The van der Waals surface area contributed by atoms with Gasteiger partial charge in [-0.15, -0.1) is 0 Å². The van der Waals surface area contributed by atoms with Crippen LogP contribution in [0.1, 0.15) is 29.3 Å². The molecule has 0 fully saturated rings. The Hall–Kier alpha value is -1.36. The van der Waals surface area contributed by atoms with Crippen LogP contribution in [0.4, 0.5) is 5.69 Å². The van der Waals surface area contributed by atoms with Gasteiger partial charge < -0.3 is 10.6 Å². The largest absolute Gasteiger partial charge is 0.388 e. The first kappa shape index (κ1) is 15.7. The highest BCUT2D eigenvalue weighted by Gasteiger charge is 2.10. The second-order valence-corrected chi connectivity index (χ2v) is 6.44. The lowest BCUT2D eigenvalue weighted by Gasteiger charge is -2.11. The minimum absolute atomic E-state index is 0.0748. The van der Waals surface area contributed by atoms with E-state index in [4.69, 9.17) is 0 Å². The van der Waals surface area contributed by atoms with Crippen LogP contribution in [-0.4, -0.2) is 35.2 Å². The molecular weight excluding hydrogens is 260 g/mol. The minimum Gasteiger partial charge on any atom is -0.388 e. The van der Waals surface area contributed by atoms with Crippen molar-refractivity contribution in [2.24, 2.45) is 0 Å². The number of carbonyl (C=O) groups excluding carboxylic acids is 1. The third-order valence-electron chi connectivity index (χ3n) is 3.16. The maximum Gasteiger partial charge on any atom is 0.251 e. The molecular formula is C14H22N2O2S. The van der Waals surface area contributed by atoms with E-state index in [0.717, 1.165) is 17.7 Å². The number of amides is 1. The normalized spacial score (nSPS) is 13.7. The standard InChI is InChI=1S/C14H22N2O2S/c1-10-9-12(15-3)5-6-13(10)14(17)16-8-7-11(2)19(4)18/h5-6,9,11,15H,7-8H2,1-4H3,(H,16,17). The van der Waals surface area contributed by atoms with Crippen molar-refractivity contribution in [2.45, 2.75) is 25.5 Å². The van der Waals surface area contributed by atoms with E-state index >= 15 is 0 Å². The molecule has 2 unspecified atom stereocenters. The van der Waals surface area contributed by atoms with Gasteiger partial charge in [0, 0.05) is 47.1 Å². The van der Waals surface area contributed by atoms with Gasteiger partial charge in [0.05, 0.1) is 0 Å². The van der Waals surface area contributed by atoms with Crippen LogP contribution in [0.5, 0.6) is 0 Å². The summed E-state index contributed by atoms with van der Waals surface area (Å²) in [5.41, 5.74) is 2.62. The van der Waals surface area contributed by atoms with Gasteiger partial charge in [-0.1, -0.05) is 6.92 Å². The third-order valence-corrected chi connectivity index (χ3v) is 4.53. The number of rotatable bonds is 6. The minimum atomic E-state index is -0.838. The summed E-state index contributed by atoms with van der Waals surface area (Å²) in [7, 11) is 1.01. The van der Waals surface area contributed by atoms with Crippen molar-refractivity contribution in [3.8, 4) is 0 Å². The van der Waals surface area contributed by atoms with Crippen LogP contribution in [-0.2, 0) is 10.8 Å². The molecule has 0 aliphatic rings. The molecule has 0 bridgehead atoms. The number of anilines is 1. The predicted octanol–water partition coefficient (Wildman–Crippen LogP) is 1.92. The number of hydrogen-bond donors (Lipinski definition) is 2. The van der Waals surface area contributed by atoms with Crippen LogP contribution < -0.4 is 10.6 Å². The van der Waals surface area contributed by atoms with Crippen LogP contribution in [0.15, 0.2) is 18.2 Å². The predicted molar refractivity (Wildman–Crippen MR) is 81.2 cm³/mol. The zero-order chi connectivity index (χ0) is 14.4. The molecule has 2 atom stereocenters. The first-order valence-electron chi connectivity index (χ1n) is 6.34. The molecule has 0 heterocycles. The number of nitrogens with one attached hydrogen (secondary N) is 2. The lowest BCUT2D eigenvalue weighted by atomic mass is 10.1. The quantitative estimate of drug-likeness (QED) is 0.838. The number of aryl methyl sites for hydroxylation is 1. The third kappa shape index (κ3) is 4.67. The van der Waals surface area contributed by atoms with E-state index < -0.39 is 10.8 Å². The highest BCUT2D eigenvalue weighted by molar-refractivity contribution is 7.84. The van der Waals surface area contributed by atoms with Crippen molar-refractivity contribution in [2.75, 3.05) is 25.2 Å². The van der Waals surface area contributed by atoms with E-state index in [1.54, 1.807) is 6.26 Å². The molecule has 0 saturated heterocycles.